The van der Waals surface area contributed by atoms with E-state index in [2.05, 4.69) is 84.9 Å². The van der Waals surface area contributed by atoms with Crippen molar-refractivity contribution in [3.63, 3.8) is 0 Å². The average Bonchev–Trinajstić information content (AvgIpc) is 3.91. The maximum atomic E-state index is 15.6. The monoisotopic (exact) mass is 702 g/mol. The quantitative estimate of drug-likeness (QED) is 0.132. The Morgan fingerprint density at radius 3 is 1.15 bits per heavy atom. The number of carbonyl (C=O) groups excluding carboxylic acids is 2. The van der Waals surface area contributed by atoms with E-state index in [0.717, 1.165) is 85.6 Å². The number of hydrogen-bond donors (Lipinski definition) is 0. The molecule has 0 fully saturated rings. The van der Waals surface area contributed by atoms with Gasteiger partial charge in [-0.05, 0) is 48.2 Å². The highest BCUT2D eigenvalue weighted by atomic mass is 32.1. The number of aryl methyl sites for hydroxylation is 2. The fraction of sp³-hybridized carbons (Fsp3) is 0.0417. The molecule has 0 atom stereocenters. The number of carbonyl (C=O) groups is 2. The van der Waals surface area contributed by atoms with Gasteiger partial charge in [0.1, 0.15) is 0 Å². The van der Waals surface area contributed by atoms with Gasteiger partial charge in [-0.25, -0.2) is 0 Å². The summed E-state index contributed by atoms with van der Waals surface area (Å²) in [4.78, 5) is 33.3. The molecule has 0 saturated heterocycles. The van der Waals surface area contributed by atoms with Gasteiger partial charge in [-0.1, -0.05) is 145 Å². The van der Waals surface area contributed by atoms with E-state index in [0.29, 0.717) is 22.3 Å². The molecule has 0 saturated carbocycles. The third-order valence-corrected chi connectivity index (χ3v) is 12.8. The van der Waals surface area contributed by atoms with E-state index < -0.39 is 0 Å². The molecule has 2 heterocycles. The lowest BCUT2D eigenvalue weighted by atomic mass is 9.82. The van der Waals surface area contributed by atoms with Gasteiger partial charge in [0, 0.05) is 74.5 Å². The van der Waals surface area contributed by atoms with Crippen molar-refractivity contribution in [2.24, 2.45) is 0 Å². The van der Waals surface area contributed by atoms with Crippen LogP contribution in [0.2, 0.25) is 0 Å². The van der Waals surface area contributed by atoms with Crippen LogP contribution in [0.4, 0.5) is 0 Å². The Morgan fingerprint density at radius 2 is 0.750 bits per heavy atom. The number of thiophene rings is 2. The molecule has 0 N–H and O–H groups in total. The van der Waals surface area contributed by atoms with Gasteiger partial charge in [0.15, 0.2) is 11.6 Å². The first-order valence-electron chi connectivity index (χ1n) is 17.4. The molecule has 0 aliphatic heterocycles. The first kappa shape index (κ1) is 30.8. The Balaban J connectivity index is 1.42. The zero-order valence-electron chi connectivity index (χ0n) is 28.5. The number of Topliss-reactive ketones (excluding diaryl/α,β-unsaturated/α-hetero) is 2. The number of fused-ring (bicyclic) bond motifs is 10. The number of rotatable bonds is 5. The fourth-order valence-corrected chi connectivity index (χ4v) is 10.5. The van der Waals surface area contributed by atoms with E-state index in [1.807, 2.05) is 74.5 Å². The molecule has 2 aliphatic carbocycles. The van der Waals surface area contributed by atoms with Crippen LogP contribution in [0.15, 0.2) is 157 Å². The van der Waals surface area contributed by atoms with Crippen LogP contribution in [0.3, 0.4) is 0 Å². The zero-order chi connectivity index (χ0) is 35.1. The van der Waals surface area contributed by atoms with E-state index in [1.165, 1.54) is 0 Å². The lowest BCUT2D eigenvalue weighted by Gasteiger charge is -2.19. The standard InChI is InChI=1S/C48H30O2S2/c1-27-19-23-29(24-20-27)45(49)43(41-33-13-5-3-11-31(33)39-35-15-7-9-17-37(35)51-47(39)41)44(46(50)30-25-21-28(2)22-26-30)42-34-14-6-4-12-32(34)40-36-16-8-10-18-38(36)52-48(40)42/h3-26H,1-2H3/b43-41+,44-42+. The zero-order valence-corrected chi connectivity index (χ0v) is 30.1. The van der Waals surface area contributed by atoms with Crippen LogP contribution in [0, 0.1) is 13.8 Å². The van der Waals surface area contributed by atoms with Crippen molar-refractivity contribution in [2.45, 2.75) is 13.8 Å². The highest BCUT2D eigenvalue weighted by Crippen LogP contribution is 2.57. The third-order valence-electron chi connectivity index (χ3n) is 10.4. The summed E-state index contributed by atoms with van der Waals surface area (Å²) in [6, 6.07) is 49.1. The summed E-state index contributed by atoms with van der Waals surface area (Å²) in [6.45, 7) is 4.05. The maximum absolute atomic E-state index is 15.6. The Hall–Kier alpha value is -5.94. The van der Waals surface area contributed by atoms with E-state index >= 15 is 9.59 Å². The SMILES string of the molecule is Cc1ccc(C(=O)C(/C(C(=O)c2ccc(C)cc2)=C2/c3ccccc3-c3c2sc2ccccc32)=C2\c3ccccc3-c3c2sc2ccccc32)cc1. The average molecular weight is 703 g/mol. The molecule has 246 valence electrons. The van der Waals surface area contributed by atoms with Crippen molar-refractivity contribution in [3.05, 3.63) is 200 Å². The molecular weight excluding hydrogens is 673 g/mol. The number of hydrogen-bond acceptors (Lipinski definition) is 4. The summed E-state index contributed by atoms with van der Waals surface area (Å²) < 4.78 is 2.30. The Labute approximate surface area is 309 Å². The molecule has 2 aromatic heterocycles. The van der Waals surface area contributed by atoms with Crippen LogP contribution < -0.4 is 0 Å². The van der Waals surface area contributed by atoms with Crippen LogP contribution >= 0.6 is 22.7 Å². The summed E-state index contributed by atoms with van der Waals surface area (Å²) in [7, 11) is 0. The smallest absolute Gasteiger partial charge is 0.194 e. The second kappa shape index (κ2) is 11.8. The largest absolute Gasteiger partial charge is 0.289 e. The Kier molecular flexibility index (Phi) is 7.01. The van der Waals surface area contributed by atoms with Gasteiger partial charge in [-0.3, -0.25) is 9.59 Å². The second-order valence-corrected chi connectivity index (χ2v) is 15.7. The molecule has 6 aromatic carbocycles. The minimum absolute atomic E-state index is 0.162. The van der Waals surface area contributed by atoms with Gasteiger partial charge in [-0.2, -0.15) is 0 Å². The van der Waals surface area contributed by atoms with Gasteiger partial charge >= 0.3 is 0 Å². The lowest BCUT2D eigenvalue weighted by Crippen LogP contribution is -2.17. The van der Waals surface area contributed by atoms with Gasteiger partial charge in [0.25, 0.3) is 0 Å². The van der Waals surface area contributed by atoms with E-state index in [-0.39, 0.29) is 11.6 Å². The number of allylic oxidation sites excluding steroid dienone is 2. The molecule has 52 heavy (non-hydrogen) atoms. The first-order chi connectivity index (χ1) is 25.5. The maximum Gasteiger partial charge on any atom is 0.194 e. The third kappa shape index (κ3) is 4.55. The van der Waals surface area contributed by atoms with E-state index in [4.69, 9.17) is 0 Å². The van der Waals surface area contributed by atoms with Crippen LogP contribution in [0.5, 0.6) is 0 Å². The number of ketones is 2. The Bertz CT molecular complexity index is 2680. The predicted octanol–water partition coefficient (Wildman–Crippen LogP) is 12.8. The van der Waals surface area contributed by atoms with E-state index in [9.17, 15) is 0 Å². The van der Waals surface area contributed by atoms with Crippen LogP contribution in [-0.2, 0) is 0 Å². The summed E-state index contributed by atoms with van der Waals surface area (Å²) in [5.74, 6) is -0.324. The molecule has 0 spiro atoms. The second-order valence-electron chi connectivity index (χ2n) is 13.6. The van der Waals surface area contributed by atoms with Crippen LogP contribution in [-0.4, -0.2) is 11.6 Å². The van der Waals surface area contributed by atoms with Crippen molar-refractivity contribution in [1.82, 2.24) is 0 Å². The molecule has 2 nitrogen and oxygen atoms in total. The molecule has 0 unspecified atom stereocenters. The number of benzene rings is 6. The topological polar surface area (TPSA) is 34.1 Å². The van der Waals surface area contributed by atoms with Gasteiger partial charge < -0.3 is 0 Å². The molecule has 4 heteroatoms. The minimum Gasteiger partial charge on any atom is -0.289 e. The highest BCUT2D eigenvalue weighted by Gasteiger charge is 2.40. The predicted molar refractivity (Wildman–Crippen MR) is 218 cm³/mol. The molecule has 10 rings (SSSR count). The highest BCUT2D eigenvalue weighted by molar-refractivity contribution is 7.21. The molecule has 0 bridgehead atoms. The van der Waals surface area contributed by atoms with Crippen LogP contribution in [0.25, 0.3) is 53.6 Å². The van der Waals surface area contributed by atoms with Crippen molar-refractivity contribution in [2.75, 3.05) is 0 Å². The van der Waals surface area contributed by atoms with Crippen molar-refractivity contribution in [3.8, 4) is 22.3 Å². The summed E-state index contributed by atoms with van der Waals surface area (Å²) in [6.07, 6.45) is 0. The fourth-order valence-electron chi connectivity index (χ4n) is 7.96. The molecule has 8 aromatic rings. The first-order valence-corrected chi connectivity index (χ1v) is 19.1. The van der Waals surface area contributed by atoms with Crippen molar-refractivity contribution in [1.29, 1.82) is 0 Å². The summed E-state index contributed by atoms with van der Waals surface area (Å²) >= 11 is 3.40. The molecule has 0 radical (unpaired) electrons. The normalized spacial score (nSPS) is 14.6. The minimum atomic E-state index is -0.162. The van der Waals surface area contributed by atoms with Crippen molar-refractivity contribution >= 4 is 65.6 Å². The van der Waals surface area contributed by atoms with Crippen molar-refractivity contribution < 1.29 is 9.59 Å². The van der Waals surface area contributed by atoms with Gasteiger partial charge in [-0.15, -0.1) is 22.7 Å². The molecule has 2 aliphatic rings. The van der Waals surface area contributed by atoms with Crippen LogP contribution in [0.1, 0.15) is 52.7 Å². The summed E-state index contributed by atoms with van der Waals surface area (Å²) in [5.41, 5.74) is 12.2. The molecular formula is C48H30O2S2. The van der Waals surface area contributed by atoms with Gasteiger partial charge in [0.2, 0.25) is 0 Å². The molecule has 0 amide bonds. The Morgan fingerprint density at radius 1 is 0.404 bits per heavy atom. The van der Waals surface area contributed by atoms with E-state index in [1.54, 1.807) is 22.7 Å². The summed E-state index contributed by atoms with van der Waals surface area (Å²) in [5, 5.41) is 2.31. The van der Waals surface area contributed by atoms with Gasteiger partial charge in [0.05, 0.1) is 0 Å². The lowest BCUT2D eigenvalue weighted by molar-refractivity contribution is 0.0998.